The van der Waals surface area contributed by atoms with Crippen LogP contribution in [-0.2, 0) is 24.8 Å². The number of anilines is 1. The Morgan fingerprint density at radius 3 is 2.15 bits per heavy atom. The number of halogens is 1. The first-order valence-corrected chi connectivity index (χ1v) is 15.0. The van der Waals surface area contributed by atoms with Crippen molar-refractivity contribution in [1.82, 2.24) is 9.71 Å². The summed E-state index contributed by atoms with van der Waals surface area (Å²) in [4.78, 5) is 16.0. The molecule has 5 rings (SSSR count). The van der Waals surface area contributed by atoms with Crippen molar-refractivity contribution in [2.75, 3.05) is 4.72 Å². The zero-order chi connectivity index (χ0) is 27.8. The highest BCUT2D eigenvalue weighted by Gasteiger charge is 2.63. The van der Waals surface area contributed by atoms with Gasteiger partial charge in [0.1, 0.15) is 10.4 Å². The molecule has 9 nitrogen and oxygen atoms in total. The summed E-state index contributed by atoms with van der Waals surface area (Å²) in [6.45, 7) is 0. The number of benzene rings is 3. The highest BCUT2D eigenvalue weighted by molar-refractivity contribution is 7.92. The Labute approximate surface area is 230 Å². The lowest BCUT2D eigenvalue weighted by Gasteiger charge is -2.16. The number of nitrogens with one attached hydrogen (secondary N) is 2. The van der Waals surface area contributed by atoms with Gasteiger partial charge in [0.15, 0.2) is 0 Å². The van der Waals surface area contributed by atoms with E-state index in [1.807, 2.05) is 12.1 Å². The van der Waals surface area contributed by atoms with E-state index in [1.165, 1.54) is 48.8 Å². The van der Waals surface area contributed by atoms with Crippen molar-refractivity contribution in [1.29, 1.82) is 0 Å². The average Bonchev–Trinajstić information content (AvgIpc) is 3.64. The van der Waals surface area contributed by atoms with Crippen LogP contribution in [0, 0.1) is 0 Å². The largest absolute Gasteiger partial charge is 0.480 e. The number of carbonyl (C=O) groups is 1. The molecule has 0 spiro atoms. The standard InChI is InChI=1S/C27H22ClN3O6S2/c28-21-10-6-18(7-11-21)19-8-12-23(13-9-19)39(36,37)31-27(26(32)33)16-25(27)20-3-1-4-22(15-20)30-38(34,35)24-5-2-14-29-17-24/h1-15,17,25,30-31H,16H2,(H,32,33). The summed E-state index contributed by atoms with van der Waals surface area (Å²) in [6.07, 6.45) is 2.66. The van der Waals surface area contributed by atoms with Crippen LogP contribution in [0.2, 0.25) is 5.02 Å². The van der Waals surface area contributed by atoms with E-state index in [1.54, 1.807) is 36.4 Å². The lowest BCUT2D eigenvalue weighted by atomic mass is 10.1. The van der Waals surface area contributed by atoms with E-state index in [0.717, 1.165) is 11.1 Å². The van der Waals surface area contributed by atoms with Gasteiger partial charge in [0, 0.05) is 29.0 Å². The third-order valence-electron chi connectivity index (χ3n) is 6.49. The van der Waals surface area contributed by atoms with Crippen LogP contribution in [0.4, 0.5) is 5.69 Å². The van der Waals surface area contributed by atoms with Gasteiger partial charge in [-0.25, -0.2) is 16.8 Å². The van der Waals surface area contributed by atoms with Crippen molar-refractivity contribution in [2.45, 2.75) is 27.7 Å². The number of hydrogen-bond acceptors (Lipinski definition) is 6. The summed E-state index contributed by atoms with van der Waals surface area (Å²) < 4.78 is 56.5. The molecule has 0 saturated heterocycles. The smallest absolute Gasteiger partial charge is 0.325 e. The monoisotopic (exact) mass is 583 g/mol. The van der Waals surface area contributed by atoms with Gasteiger partial charge in [-0.3, -0.25) is 14.5 Å². The van der Waals surface area contributed by atoms with Crippen molar-refractivity contribution in [2.24, 2.45) is 0 Å². The number of carboxylic acid groups (broad SMARTS) is 1. The summed E-state index contributed by atoms with van der Waals surface area (Å²) in [6, 6.07) is 22.3. The Hall–Kier alpha value is -3.77. The molecule has 2 atom stereocenters. The molecule has 12 heteroatoms. The van der Waals surface area contributed by atoms with E-state index >= 15 is 0 Å². The molecule has 1 aliphatic carbocycles. The Balaban J connectivity index is 1.36. The molecule has 1 saturated carbocycles. The molecule has 0 radical (unpaired) electrons. The second-order valence-electron chi connectivity index (χ2n) is 9.09. The van der Waals surface area contributed by atoms with Crippen molar-refractivity contribution in [3.05, 3.63) is 108 Å². The van der Waals surface area contributed by atoms with Crippen molar-refractivity contribution < 1.29 is 26.7 Å². The maximum absolute atomic E-state index is 13.2. The topological polar surface area (TPSA) is 143 Å². The van der Waals surface area contributed by atoms with E-state index in [9.17, 15) is 26.7 Å². The van der Waals surface area contributed by atoms with Crippen LogP contribution in [0.5, 0.6) is 0 Å². The third-order valence-corrected chi connectivity index (χ3v) is 9.63. The van der Waals surface area contributed by atoms with Gasteiger partial charge >= 0.3 is 5.97 Å². The normalized spacial score (nSPS) is 18.8. The van der Waals surface area contributed by atoms with Gasteiger partial charge < -0.3 is 5.11 Å². The van der Waals surface area contributed by atoms with Gasteiger partial charge in [0.25, 0.3) is 10.0 Å². The molecule has 0 amide bonds. The van der Waals surface area contributed by atoms with E-state index in [0.29, 0.717) is 10.6 Å². The highest BCUT2D eigenvalue weighted by atomic mass is 35.5. The van der Waals surface area contributed by atoms with Crippen molar-refractivity contribution >= 4 is 43.3 Å². The fourth-order valence-corrected chi connectivity index (χ4v) is 6.91. The lowest BCUT2D eigenvalue weighted by Crippen LogP contribution is -2.44. The zero-order valence-corrected chi connectivity index (χ0v) is 22.5. The third kappa shape index (κ3) is 5.52. The second-order valence-corrected chi connectivity index (χ2v) is 12.9. The minimum absolute atomic E-state index is 0.00320. The first kappa shape index (κ1) is 26.8. The molecule has 1 fully saturated rings. The summed E-state index contributed by atoms with van der Waals surface area (Å²) >= 11 is 5.93. The fraction of sp³-hybridized carbons (Fsp3) is 0.111. The highest BCUT2D eigenvalue weighted by Crippen LogP contribution is 2.53. The number of nitrogens with zero attached hydrogens (tertiary/aromatic N) is 1. The minimum Gasteiger partial charge on any atom is -0.480 e. The van der Waals surface area contributed by atoms with Crippen LogP contribution in [0.15, 0.2) is 107 Å². The summed E-state index contributed by atoms with van der Waals surface area (Å²) in [5.41, 5.74) is 0.537. The second kappa shape index (κ2) is 10.1. The molecule has 200 valence electrons. The van der Waals surface area contributed by atoms with Gasteiger partial charge in [0.05, 0.1) is 4.90 Å². The van der Waals surface area contributed by atoms with E-state index < -0.39 is 37.5 Å². The number of rotatable bonds is 9. The molecule has 0 bridgehead atoms. The SMILES string of the molecule is O=C(O)C1(NS(=O)(=O)c2ccc(-c3ccc(Cl)cc3)cc2)CC1c1cccc(NS(=O)(=O)c2cccnc2)c1. The van der Waals surface area contributed by atoms with Crippen LogP contribution in [-0.4, -0.2) is 38.4 Å². The molecule has 1 heterocycles. The Morgan fingerprint density at radius 2 is 1.54 bits per heavy atom. The molecular formula is C27H22ClN3O6S2. The van der Waals surface area contributed by atoms with Gasteiger partial charge in [0.2, 0.25) is 10.0 Å². The lowest BCUT2D eigenvalue weighted by molar-refractivity contribution is -0.140. The predicted molar refractivity (Wildman–Crippen MR) is 146 cm³/mol. The molecule has 2 unspecified atom stereocenters. The molecule has 1 aliphatic rings. The van der Waals surface area contributed by atoms with Crippen LogP contribution in [0.1, 0.15) is 17.9 Å². The number of pyridine rings is 1. The minimum atomic E-state index is -4.19. The van der Waals surface area contributed by atoms with Crippen LogP contribution in [0.25, 0.3) is 11.1 Å². The van der Waals surface area contributed by atoms with E-state index in [4.69, 9.17) is 11.6 Å². The molecule has 3 N–H and O–H groups in total. The summed E-state index contributed by atoms with van der Waals surface area (Å²) in [5, 5.41) is 10.6. The molecule has 0 aliphatic heterocycles. The fourth-order valence-electron chi connectivity index (χ4n) is 4.36. The molecule has 4 aromatic rings. The first-order valence-electron chi connectivity index (χ1n) is 11.7. The van der Waals surface area contributed by atoms with E-state index in [2.05, 4.69) is 14.4 Å². The summed E-state index contributed by atoms with van der Waals surface area (Å²) in [5.74, 6) is -2.03. The molecule has 39 heavy (non-hydrogen) atoms. The number of aliphatic carboxylic acids is 1. The Morgan fingerprint density at radius 1 is 0.872 bits per heavy atom. The van der Waals surface area contributed by atoms with Crippen molar-refractivity contribution in [3.8, 4) is 11.1 Å². The summed E-state index contributed by atoms with van der Waals surface area (Å²) in [7, 11) is -8.11. The first-order chi connectivity index (χ1) is 18.5. The van der Waals surface area contributed by atoms with Crippen molar-refractivity contribution in [3.63, 3.8) is 0 Å². The van der Waals surface area contributed by atoms with Crippen LogP contribution >= 0.6 is 11.6 Å². The quantitative estimate of drug-likeness (QED) is 0.263. The molecular weight excluding hydrogens is 562 g/mol. The van der Waals surface area contributed by atoms with Gasteiger partial charge in [-0.2, -0.15) is 4.72 Å². The molecule has 1 aromatic heterocycles. The maximum atomic E-state index is 13.2. The van der Waals surface area contributed by atoms with Gasteiger partial charge in [-0.1, -0.05) is 48.0 Å². The number of aromatic nitrogens is 1. The number of hydrogen-bond donors (Lipinski definition) is 3. The van der Waals surface area contributed by atoms with Crippen LogP contribution in [0.3, 0.4) is 0 Å². The zero-order valence-electron chi connectivity index (χ0n) is 20.2. The molecule has 3 aromatic carbocycles. The maximum Gasteiger partial charge on any atom is 0.325 e. The average molecular weight is 584 g/mol. The van der Waals surface area contributed by atoms with Crippen LogP contribution < -0.4 is 9.44 Å². The predicted octanol–water partition coefficient (Wildman–Crippen LogP) is 4.49. The Bertz CT molecular complexity index is 1750. The van der Waals surface area contributed by atoms with E-state index in [-0.39, 0.29) is 21.9 Å². The number of carboxylic acids is 1. The Kier molecular flexibility index (Phi) is 6.93. The van der Waals surface area contributed by atoms with Gasteiger partial charge in [-0.05, 0) is 71.6 Å². The van der Waals surface area contributed by atoms with Gasteiger partial charge in [-0.15, -0.1) is 0 Å². The number of sulfonamides is 2.